The first kappa shape index (κ1) is 14.9. The van der Waals surface area contributed by atoms with Crippen LogP contribution in [0.5, 0.6) is 0 Å². The maximum Gasteiger partial charge on any atom is 0.252 e. The molecule has 2 heterocycles. The Kier molecular flexibility index (Phi) is 3.17. The first-order valence-electron chi connectivity index (χ1n) is 9.18. The summed E-state index contributed by atoms with van der Waals surface area (Å²) in [5.41, 5.74) is 1.63. The summed E-state index contributed by atoms with van der Waals surface area (Å²) in [6, 6.07) is 5.80. The Bertz CT molecular complexity index is 848. The largest absolute Gasteiger partial charge is 0.349 e. The molecule has 3 fully saturated rings. The Balaban J connectivity index is 1.31. The number of hydrogen-bond acceptors (Lipinski definition) is 3. The van der Waals surface area contributed by atoms with Gasteiger partial charge < -0.3 is 10.2 Å². The van der Waals surface area contributed by atoms with E-state index in [0.29, 0.717) is 11.5 Å². The number of nitrogens with one attached hydrogen (secondary N) is 2. The fourth-order valence-electron chi connectivity index (χ4n) is 4.60. The first-order valence-corrected chi connectivity index (χ1v) is 9.18. The van der Waals surface area contributed by atoms with Crippen LogP contribution in [0.3, 0.4) is 0 Å². The van der Waals surface area contributed by atoms with E-state index in [2.05, 4.69) is 15.5 Å². The van der Waals surface area contributed by atoms with Gasteiger partial charge in [-0.3, -0.25) is 14.7 Å². The van der Waals surface area contributed by atoms with Gasteiger partial charge in [0.2, 0.25) is 5.91 Å². The number of carbonyl (C=O) groups is 2. The van der Waals surface area contributed by atoms with Crippen molar-refractivity contribution in [2.24, 2.45) is 11.3 Å². The highest BCUT2D eigenvalue weighted by molar-refractivity contribution is 6.06. The lowest BCUT2D eigenvalue weighted by molar-refractivity contribution is -0.145. The number of aromatic amines is 1. The van der Waals surface area contributed by atoms with Gasteiger partial charge >= 0.3 is 0 Å². The van der Waals surface area contributed by atoms with E-state index in [-0.39, 0.29) is 23.3 Å². The Hall–Kier alpha value is -2.37. The summed E-state index contributed by atoms with van der Waals surface area (Å²) in [4.78, 5) is 27.1. The number of rotatable bonds is 3. The molecule has 1 aliphatic heterocycles. The van der Waals surface area contributed by atoms with Crippen molar-refractivity contribution >= 4 is 22.7 Å². The minimum Gasteiger partial charge on any atom is -0.349 e. The first-order chi connectivity index (χ1) is 12.2. The molecule has 1 aromatic carbocycles. The molecule has 2 aliphatic carbocycles. The molecule has 3 aliphatic rings. The second-order valence-electron chi connectivity index (χ2n) is 7.89. The van der Waals surface area contributed by atoms with E-state index in [4.69, 9.17) is 0 Å². The van der Waals surface area contributed by atoms with Crippen LogP contribution in [0.15, 0.2) is 24.4 Å². The molecule has 1 atom stereocenters. The van der Waals surface area contributed by atoms with Crippen LogP contribution < -0.4 is 5.32 Å². The van der Waals surface area contributed by atoms with Crippen LogP contribution in [-0.2, 0) is 4.79 Å². The topological polar surface area (TPSA) is 78.1 Å². The van der Waals surface area contributed by atoms with Gasteiger partial charge in [-0.25, -0.2) is 0 Å². The van der Waals surface area contributed by atoms with Gasteiger partial charge in [0.1, 0.15) is 0 Å². The maximum absolute atomic E-state index is 12.8. The predicted octanol–water partition coefficient (Wildman–Crippen LogP) is 2.08. The highest BCUT2D eigenvalue weighted by Gasteiger charge is 2.54. The number of nitrogens with zero attached hydrogens (tertiary/aromatic N) is 2. The lowest BCUT2D eigenvalue weighted by atomic mass is 9.74. The van der Waals surface area contributed by atoms with E-state index in [1.807, 2.05) is 23.1 Å². The second kappa shape index (κ2) is 5.31. The Morgan fingerprint density at radius 2 is 2.08 bits per heavy atom. The molecule has 2 aromatic rings. The predicted molar refractivity (Wildman–Crippen MR) is 92.9 cm³/mol. The summed E-state index contributed by atoms with van der Waals surface area (Å²) < 4.78 is 0. The summed E-state index contributed by atoms with van der Waals surface area (Å²) >= 11 is 0. The number of likely N-dealkylation sites (tertiary alicyclic amines) is 1. The van der Waals surface area contributed by atoms with Gasteiger partial charge in [-0.15, -0.1) is 0 Å². The summed E-state index contributed by atoms with van der Waals surface area (Å²) in [5.74, 6) is 0.571. The lowest BCUT2D eigenvalue weighted by Crippen LogP contribution is -2.65. The van der Waals surface area contributed by atoms with Crippen molar-refractivity contribution in [1.29, 1.82) is 0 Å². The molecule has 1 spiro atoms. The van der Waals surface area contributed by atoms with E-state index in [1.54, 1.807) is 6.20 Å². The third-order valence-corrected chi connectivity index (χ3v) is 6.19. The van der Waals surface area contributed by atoms with E-state index in [9.17, 15) is 9.59 Å². The van der Waals surface area contributed by atoms with E-state index < -0.39 is 0 Å². The van der Waals surface area contributed by atoms with Gasteiger partial charge in [-0.2, -0.15) is 5.10 Å². The number of fused-ring (bicyclic) bond motifs is 1. The van der Waals surface area contributed by atoms with Crippen LogP contribution in [0.2, 0.25) is 0 Å². The van der Waals surface area contributed by atoms with E-state index in [0.717, 1.165) is 56.1 Å². The summed E-state index contributed by atoms with van der Waals surface area (Å²) in [6.07, 6.45) is 7.02. The number of benzene rings is 1. The van der Waals surface area contributed by atoms with Gasteiger partial charge in [-0.1, -0.05) is 12.5 Å². The molecule has 0 radical (unpaired) electrons. The van der Waals surface area contributed by atoms with Crippen molar-refractivity contribution in [2.45, 2.75) is 38.1 Å². The standard InChI is InChI=1S/C19H22N4O2/c24-17(13-3-1-4-15-14(13)9-20-22-15)21-16-5-2-8-19(16)10-23(11-19)18(25)12-6-7-12/h1,3-4,9,12,16H,2,5-8,10-11H2,(H,20,22)(H,21,24). The quantitative estimate of drug-likeness (QED) is 0.899. The number of H-pyrrole nitrogens is 1. The molecule has 25 heavy (non-hydrogen) atoms. The SMILES string of the molecule is O=C(NC1CCCC12CN(C(=O)C1CC1)C2)c1cccc2[nH]ncc12. The van der Waals surface area contributed by atoms with Crippen molar-refractivity contribution in [3.05, 3.63) is 30.0 Å². The van der Waals surface area contributed by atoms with Crippen LogP contribution in [0.25, 0.3) is 10.9 Å². The van der Waals surface area contributed by atoms with E-state index >= 15 is 0 Å². The molecule has 2 amide bonds. The van der Waals surface area contributed by atoms with Gasteiger partial charge in [-0.05, 0) is 37.8 Å². The van der Waals surface area contributed by atoms with Gasteiger partial charge in [0.15, 0.2) is 0 Å². The normalized spacial score (nSPS) is 24.5. The van der Waals surface area contributed by atoms with Crippen molar-refractivity contribution in [3.63, 3.8) is 0 Å². The molecule has 2 saturated carbocycles. The van der Waals surface area contributed by atoms with Crippen LogP contribution >= 0.6 is 0 Å². The monoisotopic (exact) mass is 338 g/mol. The zero-order valence-corrected chi connectivity index (χ0v) is 14.1. The molecule has 6 heteroatoms. The number of aromatic nitrogens is 2. The summed E-state index contributed by atoms with van der Waals surface area (Å²) in [7, 11) is 0. The zero-order valence-electron chi connectivity index (χ0n) is 14.1. The molecule has 130 valence electrons. The van der Waals surface area contributed by atoms with Crippen LogP contribution in [0.1, 0.15) is 42.5 Å². The highest BCUT2D eigenvalue weighted by Crippen LogP contribution is 2.47. The number of amides is 2. The highest BCUT2D eigenvalue weighted by atomic mass is 16.2. The Labute approximate surface area is 146 Å². The van der Waals surface area contributed by atoms with Crippen LogP contribution in [-0.4, -0.2) is 46.0 Å². The third-order valence-electron chi connectivity index (χ3n) is 6.19. The molecule has 1 aromatic heterocycles. The second-order valence-corrected chi connectivity index (χ2v) is 7.89. The molecule has 1 saturated heterocycles. The van der Waals surface area contributed by atoms with Crippen molar-refractivity contribution in [3.8, 4) is 0 Å². The average molecular weight is 338 g/mol. The van der Waals surface area contributed by atoms with Crippen LogP contribution in [0.4, 0.5) is 0 Å². The van der Waals surface area contributed by atoms with Crippen molar-refractivity contribution < 1.29 is 9.59 Å². The molecular weight excluding hydrogens is 316 g/mol. The minimum absolute atomic E-state index is 0.0368. The maximum atomic E-state index is 12.8. The fraction of sp³-hybridized carbons (Fsp3) is 0.526. The third kappa shape index (κ3) is 2.34. The molecule has 6 nitrogen and oxygen atoms in total. The van der Waals surface area contributed by atoms with Crippen LogP contribution in [0, 0.1) is 11.3 Å². The lowest BCUT2D eigenvalue weighted by Gasteiger charge is -2.51. The smallest absolute Gasteiger partial charge is 0.252 e. The summed E-state index contributed by atoms with van der Waals surface area (Å²) in [5, 5.41) is 11.1. The number of carbonyl (C=O) groups excluding carboxylic acids is 2. The molecular formula is C19H22N4O2. The molecule has 0 bridgehead atoms. The van der Waals surface area contributed by atoms with Gasteiger partial charge in [0.05, 0.1) is 17.3 Å². The summed E-state index contributed by atoms with van der Waals surface area (Å²) in [6.45, 7) is 1.62. The minimum atomic E-state index is -0.0368. The van der Waals surface area contributed by atoms with Crippen molar-refractivity contribution in [1.82, 2.24) is 20.4 Å². The average Bonchev–Trinajstić information content (AvgIpc) is 3.17. The van der Waals surface area contributed by atoms with Gasteiger partial charge in [0.25, 0.3) is 5.91 Å². The fourth-order valence-corrected chi connectivity index (χ4v) is 4.60. The molecule has 5 rings (SSSR count). The van der Waals surface area contributed by atoms with Crippen molar-refractivity contribution in [2.75, 3.05) is 13.1 Å². The molecule has 2 N–H and O–H groups in total. The Morgan fingerprint density at radius 1 is 1.24 bits per heavy atom. The number of hydrogen-bond donors (Lipinski definition) is 2. The van der Waals surface area contributed by atoms with E-state index in [1.165, 1.54) is 0 Å². The Morgan fingerprint density at radius 3 is 2.88 bits per heavy atom. The van der Waals surface area contributed by atoms with Gasteiger partial charge in [0, 0.05) is 35.9 Å². The zero-order chi connectivity index (χ0) is 17.0. The molecule has 1 unspecified atom stereocenters.